The lowest BCUT2D eigenvalue weighted by Crippen LogP contribution is -2.41. The summed E-state index contributed by atoms with van der Waals surface area (Å²) in [6, 6.07) is 7.17. The van der Waals surface area contributed by atoms with E-state index in [4.69, 9.17) is 14.0 Å². The molecule has 0 atom stereocenters. The van der Waals surface area contributed by atoms with Crippen LogP contribution in [0, 0.1) is 6.08 Å². The Bertz CT molecular complexity index is 714. The maximum atomic E-state index is 14.3. The van der Waals surface area contributed by atoms with E-state index in [0.717, 1.165) is 0 Å². The molecule has 122 valence electrons. The van der Waals surface area contributed by atoms with Gasteiger partial charge in [-0.3, -0.25) is 4.57 Å². The van der Waals surface area contributed by atoms with Crippen molar-refractivity contribution in [2.24, 2.45) is 0 Å². The lowest BCUT2D eigenvalue weighted by atomic mass is 9.86. The van der Waals surface area contributed by atoms with E-state index in [2.05, 4.69) is 4.98 Å². The molecule has 1 fully saturated rings. The molecule has 1 saturated heterocycles. The first-order chi connectivity index (χ1) is 10.7. The molecule has 1 aliphatic rings. The topological polar surface area (TPSA) is 45.5 Å². The van der Waals surface area contributed by atoms with Gasteiger partial charge in [0, 0.05) is 6.20 Å². The smallest absolute Gasteiger partial charge is 0.495 e. The van der Waals surface area contributed by atoms with Gasteiger partial charge in [0.2, 0.25) is 0 Å². The van der Waals surface area contributed by atoms with Crippen molar-refractivity contribution in [2.45, 2.75) is 38.9 Å². The Balaban J connectivity index is 1.97. The molecule has 1 aromatic heterocycles. The van der Waals surface area contributed by atoms with Crippen LogP contribution >= 0.6 is 0 Å². The van der Waals surface area contributed by atoms with Crippen LogP contribution in [-0.2, 0) is 9.31 Å². The average molecular weight is 318 g/mol. The number of rotatable bonds is 3. The van der Waals surface area contributed by atoms with Crippen LogP contribution in [0.15, 0.2) is 30.5 Å². The molecule has 0 aliphatic carbocycles. The molecule has 1 aromatic carbocycles. The number of ether oxygens (including phenoxy) is 1. The van der Waals surface area contributed by atoms with Gasteiger partial charge in [-0.05, 0) is 39.8 Å². The van der Waals surface area contributed by atoms with Gasteiger partial charge in [0.05, 0.1) is 29.6 Å². The van der Waals surface area contributed by atoms with Crippen molar-refractivity contribution in [3.63, 3.8) is 0 Å². The summed E-state index contributed by atoms with van der Waals surface area (Å²) in [4.78, 5) is 3.97. The van der Waals surface area contributed by atoms with Gasteiger partial charge >= 0.3 is 7.12 Å². The molecule has 0 radical (unpaired) electrons. The number of hydrogen-bond acceptors (Lipinski definition) is 4. The fourth-order valence-corrected chi connectivity index (χ4v) is 2.45. The Morgan fingerprint density at radius 3 is 2.35 bits per heavy atom. The first-order valence-corrected chi connectivity index (χ1v) is 7.49. The molecule has 0 N–H and O–H groups in total. The second kappa shape index (κ2) is 5.35. The number of imidazole rings is 1. The van der Waals surface area contributed by atoms with Crippen LogP contribution in [0.4, 0.5) is 4.39 Å². The van der Waals surface area contributed by atoms with Crippen molar-refractivity contribution in [1.29, 1.82) is 0 Å². The molecule has 0 saturated carbocycles. The zero-order chi connectivity index (χ0) is 16.8. The van der Waals surface area contributed by atoms with E-state index in [1.54, 1.807) is 25.4 Å². The van der Waals surface area contributed by atoms with Crippen molar-refractivity contribution < 1.29 is 18.4 Å². The summed E-state index contributed by atoms with van der Waals surface area (Å²) in [6.45, 7) is 7.78. The lowest BCUT2D eigenvalue weighted by Gasteiger charge is -2.32. The second-order valence-electron chi connectivity index (χ2n) is 6.56. The highest BCUT2D eigenvalue weighted by atomic mass is 19.1. The van der Waals surface area contributed by atoms with Gasteiger partial charge in [-0.2, -0.15) is 4.39 Å². The van der Waals surface area contributed by atoms with Crippen molar-refractivity contribution in [2.75, 3.05) is 7.11 Å². The largest absolute Gasteiger partial charge is 0.516 e. The van der Waals surface area contributed by atoms with Crippen LogP contribution in [-0.4, -0.2) is 35.0 Å². The van der Waals surface area contributed by atoms with Gasteiger partial charge in [-0.25, -0.2) is 4.98 Å². The minimum Gasteiger partial charge on any atom is -0.495 e. The van der Waals surface area contributed by atoms with Gasteiger partial charge in [0.1, 0.15) is 5.75 Å². The Hall–Kier alpha value is -1.86. The van der Waals surface area contributed by atoms with Crippen molar-refractivity contribution in [3.8, 4) is 11.4 Å². The minimum atomic E-state index is -0.703. The predicted octanol–water partition coefficient (Wildman–Crippen LogP) is 2.32. The molecule has 3 rings (SSSR count). The number of nitrogens with zero attached hydrogens (tertiary/aromatic N) is 2. The number of halogens is 1. The highest BCUT2D eigenvalue weighted by Crippen LogP contribution is 2.36. The lowest BCUT2D eigenvalue weighted by molar-refractivity contribution is 0.00578. The summed E-state index contributed by atoms with van der Waals surface area (Å²) >= 11 is 0. The zero-order valence-electron chi connectivity index (χ0n) is 14.0. The number of aromatic nitrogens is 2. The van der Waals surface area contributed by atoms with E-state index in [1.165, 1.54) is 4.57 Å². The third-order valence-electron chi connectivity index (χ3n) is 4.52. The van der Waals surface area contributed by atoms with Crippen LogP contribution in [0.25, 0.3) is 5.69 Å². The van der Waals surface area contributed by atoms with Gasteiger partial charge < -0.3 is 14.0 Å². The summed E-state index contributed by atoms with van der Waals surface area (Å²) in [5.41, 5.74) is -0.0279. The van der Waals surface area contributed by atoms with Crippen LogP contribution in [0.5, 0.6) is 5.75 Å². The highest BCUT2D eigenvalue weighted by molar-refractivity contribution is 6.61. The number of methoxy groups -OCH3 is 1. The molecule has 0 amide bonds. The summed E-state index contributed by atoms with van der Waals surface area (Å²) in [7, 11) is 0.841. The summed E-state index contributed by atoms with van der Waals surface area (Å²) in [5, 5.41) is 0. The van der Waals surface area contributed by atoms with E-state index < -0.39 is 24.4 Å². The first-order valence-electron chi connectivity index (χ1n) is 7.49. The molecule has 0 bridgehead atoms. The fraction of sp³-hybridized carbons (Fsp3) is 0.438. The summed E-state index contributed by atoms with van der Waals surface area (Å²) in [5.74, 6) is 0.560. The summed E-state index contributed by atoms with van der Waals surface area (Å²) in [6.07, 6.45) is 0.939. The zero-order valence-corrected chi connectivity index (χ0v) is 14.0. The average Bonchev–Trinajstić information content (AvgIpc) is 2.96. The van der Waals surface area contributed by atoms with Crippen LogP contribution in [0.1, 0.15) is 27.7 Å². The van der Waals surface area contributed by atoms with Gasteiger partial charge in [0.15, 0.2) is 0 Å². The Labute approximate surface area is 135 Å². The number of para-hydroxylation sites is 2. The van der Waals surface area contributed by atoms with E-state index in [0.29, 0.717) is 17.0 Å². The van der Waals surface area contributed by atoms with Gasteiger partial charge in [0.25, 0.3) is 6.08 Å². The standard InChI is InChI=1S/C16H20BFN2O3/c1-15(2)16(3,4)23-17(22-15)13-10-20(14(18)19-13)11-8-6-7-9-12(11)21-5/h6-10H,1-5H3. The van der Waals surface area contributed by atoms with E-state index >= 15 is 0 Å². The highest BCUT2D eigenvalue weighted by Gasteiger charge is 2.52. The normalized spacial score (nSPS) is 19.1. The molecule has 5 nitrogen and oxygen atoms in total. The van der Waals surface area contributed by atoms with E-state index in [1.807, 2.05) is 39.8 Å². The Morgan fingerprint density at radius 1 is 1.13 bits per heavy atom. The van der Waals surface area contributed by atoms with Crippen LogP contribution in [0.2, 0.25) is 0 Å². The third kappa shape index (κ3) is 2.64. The summed E-state index contributed by atoms with van der Waals surface area (Å²) < 4.78 is 32.8. The van der Waals surface area contributed by atoms with E-state index in [-0.39, 0.29) is 0 Å². The van der Waals surface area contributed by atoms with Crippen LogP contribution < -0.4 is 10.3 Å². The molecule has 1 aliphatic heterocycles. The predicted molar refractivity (Wildman–Crippen MR) is 85.8 cm³/mol. The van der Waals surface area contributed by atoms with Crippen molar-refractivity contribution in [3.05, 3.63) is 36.5 Å². The molecule has 2 heterocycles. The quantitative estimate of drug-likeness (QED) is 0.815. The number of hydrogen-bond donors (Lipinski definition) is 0. The van der Waals surface area contributed by atoms with Crippen molar-refractivity contribution in [1.82, 2.24) is 9.55 Å². The first kappa shape index (κ1) is 16.0. The monoisotopic (exact) mass is 318 g/mol. The van der Waals surface area contributed by atoms with E-state index in [9.17, 15) is 4.39 Å². The number of benzene rings is 1. The molecular weight excluding hydrogens is 298 g/mol. The molecular formula is C16H20BFN2O3. The molecule has 0 spiro atoms. The second-order valence-corrected chi connectivity index (χ2v) is 6.56. The van der Waals surface area contributed by atoms with Gasteiger partial charge in [-0.15, -0.1) is 0 Å². The van der Waals surface area contributed by atoms with Crippen LogP contribution in [0.3, 0.4) is 0 Å². The maximum Gasteiger partial charge on any atom is 0.516 e. The molecule has 23 heavy (non-hydrogen) atoms. The molecule has 0 unspecified atom stereocenters. The van der Waals surface area contributed by atoms with Gasteiger partial charge in [-0.1, -0.05) is 12.1 Å². The minimum absolute atomic E-state index is 0.395. The fourth-order valence-electron chi connectivity index (χ4n) is 2.45. The maximum absolute atomic E-state index is 14.3. The van der Waals surface area contributed by atoms with Crippen molar-refractivity contribution >= 4 is 12.7 Å². The Morgan fingerprint density at radius 2 is 1.74 bits per heavy atom. The SMILES string of the molecule is COc1ccccc1-n1cc(B2OC(C)(C)C(C)(C)O2)nc1F. The Kier molecular flexibility index (Phi) is 3.73. The molecule has 2 aromatic rings. The third-order valence-corrected chi connectivity index (χ3v) is 4.52. The molecule has 7 heteroatoms.